The van der Waals surface area contributed by atoms with Crippen molar-refractivity contribution in [2.45, 2.75) is 13.5 Å². The molecular weight excluding hydrogens is 294 g/mol. The molecule has 0 atom stereocenters. The highest BCUT2D eigenvalue weighted by Gasteiger charge is 1.99. The van der Waals surface area contributed by atoms with Crippen molar-refractivity contribution < 1.29 is 4.74 Å². The number of nitrogens with one attached hydrogen (secondary N) is 1. The van der Waals surface area contributed by atoms with Crippen molar-refractivity contribution in [3.8, 4) is 5.88 Å². The van der Waals surface area contributed by atoms with Crippen LogP contribution in [0.15, 0.2) is 41.1 Å². The molecule has 0 fully saturated rings. The minimum atomic E-state index is 0.587. The lowest BCUT2D eigenvalue weighted by atomic mass is 10.2. The fraction of sp³-hybridized carbons (Fsp3) is 0.231. The lowest BCUT2D eigenvalue weighted by Crippen LogP contribution is -2.03. The van der Waals surface area contributed by atoms with E-state index in [0.29, 0.717) is 19.0 Å². The van der Waals surface area contributed by atoms with Crippen LogP contribution in [0.25, 0.3) is 0 Å². The third-order valence-corrected chi connectivity index (χ3v) is 2.79. The smallest absolute Gasteiger partial charge is 0.218 e. The molecule has 94 valence electrons. The van der Waals surface area contributed by atoms with Crippen molar-refractivity contribution in [3.63, 3.8) is 0 Å². The van der Waals surface area contributed by atoms with Gasteiger partial charge >= 0.3 is 0 Å². The Bertz CT molecular complexity index is 519. The molecule has 0 saturated carbocycles. The number of hydrogen-bond acceptors (Lipinski definition) is 4. The topological polar surface area (TPSA) is 47.0 Å². The van der Waals surface area contributed by atoms with Gasteiger partial charge in [-0.25, -0.2) is 9.97 Å². The highest BCUT2D eigenvalue weighted by molar-refractivity contribution is 9.10. The Morgan fingerprint density at radius 3 is 2.94 bits per heavy atom. The lowest BCUT2D eigenvalue weighted by Gasteiger charge is -2.07. The van der Waals surface area contributed by atoms with Gasteiger partial charge in [0.05, 0.1) is 6.61 Å². The summed E-state index contributed by atoms with van der Waals surface area (Å²) in [5.74, 6) is 1.35. The molecule has 0 aliphatic heterocycles. The van der Waals surface area contributed by atoms with E-state index < -0.39 is 0 Å². The third kappa shape index (κ3) is 3.70. The fourth-order valence-electron chi connectivity index (χ4n) is 1.50. The summed E-state index contributed by atoms with van der Waals surface area (Å²) in [6.45, 7) is 3.24. The number of nitrogens with zero attached hydrogens (tertiary/aromatic N) is 2. The third-order valence-electron chi connectivity index (χ3n) is 2.30. The van der Waals surface area contributed by atoms with Gasteiger partial charge in [0.15, 0.2) is 0 Å². The Morgan fingerprint density at radius 2 is 2.17 bits per heavy atom. The van der Waals surface area contributed by atoms with Crippen LogP contribution in [-0.2, 0) is 6.54 Å². The summed E-state index contributed by atoms with van der Waals surface area (Å²) in [5.41, 5.74) is 1.18. The van der Waals surface area contributed by atoms with Crippen LogP contribution >= 0.6 is 15.9 Å². The Kier molecular flexibility index (Phi) is 4.52. The quantitative estimate of drug-likeness (QED) is 0.921. The minimum absolute atomic E-state index is 0.587. The zero-order chi connectivity index (χ0) is 12.8. The first-order chi connectivity index (χ1) is 8.78. The molecule has 0 amide bonds. The highest BCUT2D eigenvalue weighted by Crippen LogP contribution is 2.14. The average molecular weight is 308 g/mol. The summed E-state index contributed by atoms with van der Waals surface area (Å²) >= 11 is 3.45. The number of anilines is 1. The Hall–Kier alpha value is -1.62. The van der Waals surface area contributed by atoms with E-state index in [2.05, 4.69) is 43.3 Å². The predicted molar refractivity (Wildman–Crippen MR) is 74.7 cm³/mol. The molecule has 4 nitrogen and oxygen atoms in total. The summed E-state index contributed by atoms with van der Waals surface area (Å²) in [4.78, 5) is 8.16. The van der Waals surface area contributed by atoms with E-state index in [1.165, 1.54) is 11.9 Å². The first kappa shape index (κ1) is 12.8. The first-order valence-corrected chi connectivity index (χ1v) is 6.50. The van der Waals surface area contributed by atoms with E-state index in [9.17, 15) is 0 Å². The molecule has 5 heteroatoms. The van der Waals surface area contributed by atoms with Crippen LogP contribution in [0.5, 0.6) is 5.88 Å². The summed E-state index contributed by atoms with van der Waals surface area (Å²) in [6.07, 6.45) is 1.49. The predicted octanol–water partition coefficient (Wildman–Crippen LogP) is 3.25. The molecule has 1 N–H and O–H groups in total. The first-order valence-electron chi connectivity index (χ1n) is 5.71. The fourth-order valence-corrected chi connectivity index (χ4v) is 1.95. The number of halogens is 1. The molecule has 0 radical (unpaired) electrons. The Morgan fingerprint density at radius 1 is 1.28 bits per heavy atom. The van der Waals surface area contributed by atoms with Gasteiger partial charge in [0, 0.05) is 17.1 Å². The van der Waals surface area contributed by atoms with Crippen molar-refractivity contribution in [1.82, 2.24) is 9.97 Å². The van der Waals surface area contributed by atoms with E-state index in [1.54, 1.807) is 6.07 Å². The summed E-state index contributed by atoms with van der Waals surface area (Å²) in [7, 11) is 0. The van der Waals surface area contributed by atoms with Gasteiger partial charge < -0.3 is 10.1 Å². The van der Waals surface area contributed by atoms with Crippen molar-refractivity contribution in [2.24, 2.45) is 0 Å². The molecule has 1 heterocycles. The maximum atomic E-state index is 5.32. The van der Waals surface area contributed by atoms with Crippen molar-refractivity contribution >= 4 is 21.7 Å². The molecule has 1 aromatic carbocycles. The molecule has 0 aliphatic carbocycles. The summed E-state index contributed by atoms with van der Waals surface area (Å²) < 4.78 is 6.39. The second kappa shape index (κ2) is 6.35. The zero-order valence-corrected chi connectivity index (χ0v) is 11.6. The number of rotatable bonds is 5. The molecular formula is C13H14BrN3O. The number of aromatic nitrogens is 2. The van der Waals surface area contributed by atoms with Gasteiger partial charge in [-0.05, 0) is 24.6 Å². The average Bonchev–Trinajstić information content (AvgIpc) is 2.37. The van der Waals surface area contributed by atoms with Crippen LogP contribution in [0, 0.1) is 0 Å². The number of hydrogen-bond donors (Lipinski definition) is 1. The summed E-state index contributed by atoms with van der Waals surface area (Å²) in [6, 6.07) is 9.93. The monoisotopic (exact) mass is 307 g/mol. The lowest BCUT2D eigenvalue weighted by molar-refractivity contribution is 0.326. The van der Waals surface area contributed by atoms with Gasteiger partial charge in [0.1, 0.15) is 12.1 Å². The molecule has 0 aliphatic rings. The molecule has 2 rings (SSSR count). The Labute approximate surface area is 115 Å². The van der Waals surface area contributed by atoms with Gasteiger partial charge in [-0.2, -0.15) is 0 Å². The van der Waals surface area contributed by atoms with Crippen LogP contribution in [0.4, 0.5) is 5.82 Å². The number of benzene rings is 1. The van der Waals surface area contributed by atoms with Crippen LogP contribution < -0.4 is 10.1 Å². The summed E-state index contributed by atoms with van der Waals surface area (Å²) in [5, 5.41) is 3.24. The van der Waals surface area contributed by atoms with E-state index in [4.69, 9.17) is 4.74 Å². The SMILES string of the molecule is CCOc1cc(NCc2cccc(Br)c2)ncn1. The second-order valence-electron chi connectivity index (χ2n) is 3.66. The van der Waals surface area contributed by atoms with Crippen LogP contribution in [-0.4, -0.2) is 16.6 Å². The molecule has 2 aromatic rings. The molecule has 1 aromatic heterocycles. The van der Waals surface area contributed by atoms with Gasteiger partial charge in [-0.15, -0.1) is 0 Å². The minimum Gasteiger partial charge on any atom is -0.478 e. The highest BCUT2D eigenvalue weighted by atomic mass is 79.9. The van der Waals surface area contributed by atoms with Crippen molar-refractivity contribution in [3.05, 3.63) is 46.7 Å². The van der Waals surface area contributed by atoms with Gasteiger partial charge in [-0.3, -0.25) is 0 Å². The number of ether oxygens (including phenoxy) is 1. The largest absolute Gasteiger partial charge is 0.478 e. The van der Waals surface area contributed by atoms with Crippen LogP contribution in [0.3, 0.4) is 0 Å². The molecule has 0 saturated heterocycles. The van der Waals surface area contributed by atoms with E-state index in [1.807, 2.05) is 19.1 Å². The van der Waals surface area contributed by atoms with Crippen LogP contribution in [0.1, 0.15) is 12.5 Å². The van der Waals surface area contributed by atoms with E-state index in [0.717, 1.165) is 10.3 Å². The molecule has 18 heavy (non-hydrogen) atoms. The molecule has 0 spiro atoms. The van der Waals surface area contributed by atoms with Gasteiger partial charge in [-0.1, -0.05) is 28.1 Å². The van der Waals surface area contributed by atoms with Gasteiger partial charge in [0.25, 0.3) is 0 Å². The van der Waals surface area contributed by atoms with E-state index in [-0.39, 0.29) is 0 Å². The van der Waals surface area contributed by atoms with Crippen molar-refractivity contribution in [1.29, 1.82) is 0 Å². The van der Waals surface area contributed by atoms with Crippen molar-refractivity contribution in [2.75, 3.05) is 11.9 Å². The standard InChI is InChI=1S/C13H14BrN3O/c1-2-18-13-7-12(16-9-17-13)15-8-10-4-3-5-11(14)6-10/h3-7,9H,2,8H2,1H3,(H,15,16,17). The normalized spacial score (nSPS) is 10.1. The zero-order valence-electron chi connectivity index (χ0n) is 10.1. The Balaban J connectivity index is 1.99. The van der Waals surface area contributed by atoms with Gasteiger partial charge in [0.2, 0.25) is 5.88 Å². The maximum Gasteiger partial charge on any atom is 0.218 e. The van der Waals surface area contributed by atoms with Crippen LogP contribution in [0.2, 0.25) is 0 Å². The second-order valence-corrected chi connectivity index (χ2v) is 4.57. The maximum absolute atomic E-state index is 5.32. The molecule has 0 unspecified atom stereocenters. The molecule has 0 bridgehead atoms. The van der Waals surface area contributed by atoms with E-state index >= 15 is 0 Å².